The van der Waals surface area contributed by atoms with Gasteiger partial charge in [0.05, 0.1) is 19.8 Å². The first-order valence-corrected chi connectivity index (χ1v) is 9.75. The zero-order valence-corrected chi connectivity index (χ0v) is 16.1. The summed E-state index contributed by atoms with van der Waals surface area (Å²) in [6, 6.07) is 0.851. The number of nitrogens with one attached hydrogen (secondary N) is 2. The van der Waals surface area contributed by atoms with Crippen molar-refractivity contribution in [1.82, 2.24) is 20.4 Å². The molecule has 0 saturated carbocycles. The number of morpholine rings is 1. The van der Waals surface area contributed by atoms with E-state index in [0.29, 0.717) is 18.0 Å². The van der Waals surface area contributed by atoms with E-state index in [2.05, 4.69) is 36.3 Å². The fourth-order valence-electron chi connectivity index (χ4n) is 3.48. The van der Waals surface area contributed by atoms with E-state index in [1.807, 2.05) is 4.90 Å². The summed E-state index contributed by atoms with van der Waals surface area (Å²) in [4.78, 5) is 20.8. The van der Waals surface area contributed by atoms with Crippen molar-refractivity contribution in [2.75, 3.05) is 52.5 Å². The van der Waals surface area contributed by atoms with Gasteiger partial charge in [0.15, 0.2) is 5.96 Å². The Kier molecular flexibility index (Phi) is 8.48. The fraction of sp³-hybridized carbons (Fsp3) is 0.889. The number of hydrogen-bond donors (Lipinski definition) is 2. The molecule has 0 aromatic rings. The first kappa shape index (κ1) is 20.0. The van der Waals surface area contributed by atoms with Crippen molar-refractivity contribution in [2.45, 2.75) is 52.1 Å². The number of nitrogens with zero attached hydrogens (tertiary/aromatic N) is 3. The van der Waals surface area contributed by atoms with Crippen LogP contribution in [0.15, 0.2) is 4.99 Å². The average molecular weight is 354 g/mol. The summed E-state index contributed by atoms with van der Waals surface area (Å²) in [5.41, 5.74) is 0. The van der Waals surface area contributed by atoms with Crippen LogP contribution in [0.5, 0.6) is 0 Å². The molecule has 25 heavy (non-hydrogen) atoms. The quantitative estimate of drug-likeness (QED) is 0.381. The van der Waals surface area contributed by atoms with Crippen molar-refractivity contribution < 1.29 is 9.53 Å². The van der Waals surface area contributed by atoms with Gasteiger partial charge in [0.25, 0.3) is 0 Å². The molecule has 0 aromatic heterocycles. The zero-order valence-electron chi connectivity index (χ0n) is 16.1. The van der Waals surface area contributed by atoms with Crippen LogP contribution in [0.25, 0.3) is 0 Å². The summed E-state index contributed by atoms with van der Waals surface area (Å²) in [6.07, 6.45) is 2.68. The van der Waals surface area contributed by atoms with Crippen LogP contribution in [0.1, 0.15) is 40.0 Å². The smallest absolute Gasteiger partial charge is 0.222 e. The summed E-state index contributed by atoms with van der Waals surface area (Å²) in [6.45, 7) is 13.3. The van der Waals surface area contributed by atoms with Gasteiger partial charge in [-0.2, -0.15) is 0 Å². The van der Waals surface area contributed by atoms with Crippen LogP contribution in [-0.4, -0.2) is 86.2 Å². The van der Waals surface area contributed by atoms with Gasteiger partial charge < -0.3 is 20.3 Å². The number of guanidine groups is 1. The first-order chi connectivity index (χ1) is 12.1. The molecule has 0 aromatic carbocycles. The number of carbonyl (C=O) groups excluding carboxylic acids is 1. The lowest BCUT2D eigenvalue weighted by Gasteiger charge is -2.37. The van der Waals surface area contributed by atoms with E-state index < -0.39 is 0 Å². The highest BCUT2D eigenvalue weighted by atomic mass is 16.5. The highest BCUT2D eigenvalue weighted by Crippen LogP contribution is 2.11. The molecule has 7 nitrogen and oxygen atoms in total. The number of carbonyl (C=O) groups is 1. The Balaban J connectivity index is 1.72. The van der Waals surface area contributed by atoms with E-state index in [1.54, 1.807) is 0 Å². The van der Waals surface area contributed by atoms with Gasteiger partial charge in [0.2, 0.25) is 5.91 Å². The third-order valence-electron chi connectivity index (χ3n) is 4.91. The largest absolute Gasteiger partial charge is 0.379 e. The second-order valence-electron chi connectivity index (χ2n) is 7.00. The van der Waals surface area contributed by atoms with Crippen LogP contribution in [0.4, 0.5) is 0 Å². The molecule has 2 saturated heterocycles. The van der Waals surface area contributed by atoms with Crippen LogP contribution >= 0.6 is 0 Å². The van der Waals surface area contributed by atoms with Crippen molar-refractivity contribution in [3.8, 4) is 0 Å². The number of likely N-dealkylation sites (tertiary alicyclic amines) is 1. The van der Waals surface area contributed by atoms with E-state index >= 15 is 0 Å². The third kappa shape index (κ3) is 6.47. The number of ether oxygens (including phenoxy) is 1. The maximum Gasteiger partial charge on any atom is 0.222 e. The van der Waals surface area contributed by atoms with Crippen molar-refractivity contribution in [1.29, 1.82) is 0 Å². The molecule has 2 unspecified atom stereocenters. The molecule has 2 aliphatic heterocycles. The SMILES string of the molecule is CCNC(=NCC(C)N1CCOCC1C)NCCCN1CCCC1=O. The van der Waals surface area contributed by atoms with Crippen molar-refractivity contribution in [3.63, 3.8) is 0 Å². The maximum absolute atomic E-state index is 11.6. The predicted molar refractivity (Wildman–Crippen MR) is 101 cm³/mol. The highest BCUT2D eigenvalue weighted by Gasteiger charge is 2.23. The average Bonchev–Trinajstić information content (AvgIpc) is 3.01. The molecule has 7 heteroatoms. The van der Waals surface area contributed by atoms with Gasteiger partial charge in [-0.15, -0.1) is 0 Å². The van der Waals surface area contributed by atoms with Gasteiger partial charge in [0, 0.05) is 51.2 Å². The van der Waals surface area contributed by atoms with E-state index in [9.17, 15) is 4.79 Å². The molecule has 144 valence electrons. The normalized spacial score (nSPS) is 23.8. The van der Waals surface area contributed by atoms with E-state index in [4.69, 9.17) is 9.73 Å². The summed E-state index contributed by atoms with van der Waals surface area (Å²) in [5.74, 6) is 1.16. The molecule has 2 N–H and O–H groups in total. The molecule has 1 amide bonds. The third-order valence-corrected chi connectivity index (χ3v) is 4.91. The van der Waals surface area contributed by atoms with Gasteiger partial charge in [-0.1, -0.05) is 0 Å². The minimum atomic E-state index is 0.300. The molecule has 2 fully saturated rings. The Morgan fingerprint density at radius 2 is 2.24 bits per heavy atom. The van der Waals surface area contributed by atoms with E-state index in [-0.39, 0.29) is 0 Å². The Hall–Kier alpha value is -1.34. The summed E-state index contributed by atoms with van der Waals surface area (Å²) >= 11 is 0. The molecular weight excluding hydrogens is 318 g/mol. The molecular formula is C18H35N5O2. The molecule has 2 heterocycles. The lowest BCUT2D eigenvalue weighted by Crippen LogP contribution is -2.49. The molecule has 2 rings (SSSR count). The van der Waals surface area contributed by atoms with Crippen LogP contribution < -0.4 is 10.6 Å². The molecule has 0 radical (unpaired) electrons. The Labute approximate surface area is 152 Å². The minimum absolute atomic E-state index is 0.300. The number of rotatable bonds is 8. The van der Waals surface area contributed by atoms with E-state index in [0.717, 1.165) is 77.7 Å². The summed E-state index contributed by atoms with van der Waals surface area (Å²) in [5, 5.41) is 6.69. The number of hydrogen-bond acceptors (Lipinski definition) is 4. The lowest BCUT2D eigenvalue weighted by atomic mass is 10.2. The van der Waals surface area contributed by atoms with Crippen LogP contribution in [-0.2, 0) is 9.53 Å². The van der Waals surface area contributed by atoms with Gasteiger partial charge in [0.1, 0.15) is 0 Å². The van der Waals surface area contributed by atoms with Gasteiger partial charge in [-0.25, -0.2) is 0 Å². The monoisotopic (exact) mass is 353 g/mol. The zero-order chi connectivity index (χ0) is 18.1. The van der Waals surface area contributed by atoms with Crippen molar-refractivity contribution in [2.24, 2.45) is 4.99 Å². The van der Waals surface area contributed by atoms with Crippen LogP contribution in [0.3, 0.4) is 0 Å². The second-order valence-corrected chi connectivity index (χ2v) is 7.00. The molecule has 0 bridgehead atoms. The fourth-order valence-corrected chi connectivity index (χ4v) is 3.48. The van der Waals surface area contributed by atoms with E-state index in [1.165, 1.54) is 0 Å². The topological polar surface area (TPSA) is 69.2 Å². The Morgan fingerprint density at radius 1 is 1.40 bits per heavy atom. The van der Waals surface area contributed by atoms with Crippen LogP contribution in [0.2, 0.25) is 0 Å². The highest BCUT2D eigenvalue weighted by molar-refractivity contribution is 5.79. The Morgan fingerprint density at radius 3 is 2.92 bits per heavy atom. The second kappa shape index (κ2) is 10.6. The number of aliphatic imine (C=N–C) groups is 1. The predicted octanol–water partition coefficient (Wildman–Crippen LogP) is 0.663. The lowest BCUT2D eigenvalue weighted by molar-refractivity contribution is -0.127. The summed E-state index contributed by atoms with van der Waals surface area (Å²) < 4.78 is 5.51. The van der Waals surface area contributed by atoms with Crippen LogP contribution in [0, 0.1) is 0 Å². The van der Waals surface area contributed by atoms with Gasteiger partial charge >= 0.3 is 0 Å². The molecule has 2 aliphatic rings. The Bertz CT molecular complexity index is 443. The first-order valence-electron chi connectivity index (χ1n) is 9.75. The maximum atomic E-state index is 11.6. The molecule has 0 spiro atoms. The van der Waals surface area contributed by atoms with Crippen molar-refractivity contribution in [3.05, 3.63) is 0 Å². The summed E-state index contributed by atoms with van der Waals surface area (Å²) in [7, 11) is 0. The van der Waals surface area contributed by atoms with Crippen molar-refractivity contribution >= 4 is 11.9 Å². The van der Waals surface area contributed by atoms with Gasteiger partial charge in [-0.3, -0.25) is 14.7 Å². The standard InChI is InChI=1S/C18H35N5O2/c1-4-19-18(20-8-6-10-22-9-5-7-17(22)24)21-13-15(2)23-11-12-25-14-16(23)3/h15-16H,4-14H2,1-3H3,(H2,19,20,21). The number of amides is 1. The minimum Gasteiger partial charge on any atom is -0.379 e. The molecule has 0 aliphatic carbocycles. The molecule has 2 atom stereocenters. The van der Waals surface area contributed by atoms with Gasteiger partial charge in [-0.05, 0) is 33.6 Å².